The first kappa shape index (κ1) is 14.5. The van der Waals surface area contributed by atoms with Gasteiger partial charge in [-0.15, -0.1) is 0 Å². The summed E-state index contributed by atoms with van der Waals surface area (Å²) in [4.78, 5) is 23.5. The van der Waals surface area contributed by atoms with Gasteiger partial charge < -0.3 is 15.2 Å². The van der Waals surface area contributed by atoms with Crippen LogP contribution in [0.4, 0.5) is 0 Å². The number of nitrogens with one attached hydrogen (secondary N) is 1. The first-order valence-corrected chi connectivity index (χ1v) is 6.99. The van der Waals surface area contributed by atoms with Crippen LogP contribution in [0.15, 0.2) is 18.2 Å². The van der Waals surface area contributed by atoms with E-state index in [0.29, 0.717) is 20.8 Å². The summed E-state index contributed by atoms with van der Waals surface area (Å²) in [6.07, 6.45) is 0.255. The van der Waals surface area contributed by atoms with Crippen molar-refractivity contribution in [1.82, 2.24) is 5.32 Å². The molecule has 2 rings (SSSR count). The topological polar surface area (TPSA) is 75.6 Å². The SMILES string of the molecule is O=C(NC1(C(=O)O)CCOC1)c1cc(Cl)ccc1I. The van der Waals surface area contributed by atoms with Crippen LogP contribution in [0.1, 0.15) is 16.8 Å². The van der Waals surface area contributed by atoms with Crippen LogP contribution in [0.25, 0.3) is 0 Å². The number of aliphatic carboxylic acids is 1. The van der Waals surface area contributed by atoms with E-state index >= 15 is 0 Å². The van der Waals surface area contributed by atoms with Crippen LogP contribution in [0, 0.1) is 3.57 Å². The van der Waals surface area contributed by atoms with E-state index in [4.69, 9.17) is 16.3 Å². The summed E-state index contributed by atoms with van der Waals surface area (Å²) in [6, 6.07) is 4.90. The summed E-state index contributed by atoms with van der Waals surface area (Å²) in [5.41, 5.74) is -0.983. The van der Waals surface area contributed by atoms with Gasteiger partial charge in [-0.1, -0.05) is 11.6 Å². The van der Waals surface area contributed by atoms with E-state index in [1.807, 2.05) is 22.6 Å². The van der Waals surface area contributed by atoms with Crippen molar-refractivity contribution in [1.29, 1.82) is 0 Å². The Balaban J connectivity index is 2.25. The first-order valence-electron chi connectivity index (χ1n) is 5.53. The number of carboxylic acids is 1. The lowest BCUT2D eigenvalue weighted by atomic mass is 9.98. The summed E-state index contributed by atoms with van der Waals surface area (Å²) < 4.78 is 5.80. The highest BCUT2D eigenvalue weighted by Gasteiger charge is 2.44. The van der Waals surface area contributed by atoms with E-state index in [-0.39, 0.29) is 13.0 Å². The normalized spacial score (nSPS) is 22.2. The van der Waals surface area contributed by atoms with E-state index in [1.165, 1.54) is 6.07 Å². The zero-order chi connectivity index (χ0) is 14.0. The van der Waals surface area contributed by atoms with Crippen LogP contribution >= 0.6 is 34.2 Å². The number of hydrogen-bond donors (Lipinski definition) is 2. The maximum atomic E-state index is 12.2. The lowest BCUT2D eigenvalue weighted by Gasteiger charge is -2.24. The fourth-order valence-corrected chi connectivity index (χ4v) is 2.59. The number of benzene rings is 1. The molecule has 1 aromatic carbocycles. The van der Waals surface area contributed by atoms with Gasteiger partial charge in [0.1, 0.15) is 0 Å². The summed E-state index contributed by atoms with van der Waals surface area (Å²) in [5, 5.41) is 12.2. The van der Waals surface area contributed by atoms with Crippen molar-refractivity contribution in [2.75, 3.05) is 13.2 Å². The number of halogens is 2. The molecule has 0 aliphatic carbocycles. The predicted molar refractivity (Wildman–Crippen MR) is 77.4 cm³/mol. The van der Waals surface area contributed by atoms with Crippen molar-refractivity contribution in [3.05, 3.63) is 32.4 Å². The minimum absolute atomic E-state index is 0.0226. The molecule has 1 heterocycles. The molecular weight excluding hydrogens is 384 g/mol. The Hall–Kier alpha value is -0.860. The molecule has 1 fully saturated rings. The van der Waals surface area contributed by atoms with Crippen LogP contribution in [0.5, 0.6) is 0 Å². The van der Waals surface area contributed by atoms with Crippen molar-refractivity contribution in [3.8, 4) is 0 Å². The van der Waals surface area contributed by atoms with Gasteiger partial charge in [0.2, 0.25) is 0 Å². The number of amides is 1. The molecule has 1 unspecified atom stereocenters. The number of carbonyl (C=O) groups is 2. The van der Waals surface area contributed by atoms with Gasteiger partial charge in [-0.2, -0.15) is 0 Å². The molecule has 7 heteroatoms. The molecule has 0 radical (unpaired) electrons. The standard InChI is InChI=1S/C12H11ClINO4/c13-7-1-2-9(14)8(5-7)10(16)15-12(11(17)18)3-4-19-6-12/h1-2,5H,3-4,6H2,(H,15,16)(H,17,18). The number of rotatable bonds is 3. The van der Waals surface area contributed by atoms with Gasteiger partial charge in [-0.25, -0.2) is 4.79 Å². The third-order valence-corrected chi connectivity index (χ3v) is 4.13. The number of carbonyl (C=O) groups excluding carboxylic acids is 1. The number of ether oxygens (including phenoxy) is 1. The summed E-state index contributed by atoms with van der Waals surface area (Å²) in [5.74, 6) is -1.55. The minimum Gasteiger partial charge on any atom is -0.479 e. The zero-order valence-electron chi connectivity index (χ0n) is 9.78. The molecular formula is C12H11ClINO4. The van der Waals surface area contributed by atoms with E-state index in [9.17, 15) is 14.7 Å². The van der Waals surface area contributed by atoms with Crippen LogP contribution in [0.2, 0.25) is 5.02 Å². The van der Waals surface area contributed by atoms with Gasteiger partial charge in [-0.05, 0) is 40.8 Å². The van der Waals surface area contributed by atoms with Crippen molar-refractivity contribution < 1.29 is 19.4 Å². The zero-order valence-corrected chi connectivity index (χ0v) is 12.7. The average Bonchev–Trinajstić information content (AvgIpc) is 2.82. The minimum atomic E-state index is -1.34. The smallest absolute Gasteiger partial charge is 0.331 e. The highest BCUT2D eigenvalue weighted by atomic mass is 127. The van der Waals surface area contributed by atoms with Crippen LogP contribution < -0.4 is 5.32 Å². The largest absolute Gasteiger partial charge is 0.479 e. The fourth-order valence-electron chi connectivity index (χ4n) is 1.84. The highest BCUT2D eigenvalue weighted by molar-refractivity contribution is 14.1. The Bertz CT molecular complexity index is 528. The molecule has 0 aromatic heterocycles. The molecule has 1 saturated heterocycles. The lowest BCUT2D eigenvalue weighted by molar-refractivity contribution is -0.144. The molecule has 0 bridgehead atoms. The lowest BCUT2D eigenvalue weighted by Crippen LogP contribution is -2.55. The highest BCUT2D eigenvalue weighted by Crippen LogP contribution is 2.22. The Morgan fingerprint density at radius 2 is 2.21 bits per heavy atom. The number of hydrogen-bond acceptors (Lipinski definition) is 3. The van der Waals surface area contributed by atoms with E-state index in [0.717, 1.165) is 0 Å². The van der Waals surface area contributed by atoms with Crippen molar-refractivity contribution in [2.24, 2.45) is 0 Å². The molecule has 19 heavy (non-hydrogen) atoms. The second kappa shape index (κ2) is 5.64. The Kier molecular flexibility index (Phi) is 4.32. The van der Waals surface area contributed by atoms with Gasteiger partial charge in [0.25, 0.3) is 5.91 Å². The summed E-state index contributed by atoms with van der Waals surface area (Å²) in [6.45, 7) is 0.296. The number of carboxylic acid groups (broad SMARTS) is 1. The molecule has 5 nitrogen and oxygen atoms in total. The summed E-state index contributed by atoms with van der Waals surface area (Å²) in [7, 11) is 0. The summed E-state index contributed by atoms with van der Waals surface area (Å²) >= 11 is 7.85. The van der Waals surface area contributed by atoms with Gasteiger partial charge in [0.05, 0.1) is 12.2 Å². The quantitative estimate of drug-likeness (QED) is 0.767. The monoisotopic (exact) mass is 395 g/mol. The van der Waals surface area contributed by atoms with Crippen molar-refractivity contribution >= 4 is 46.1 Å². The second-order valence-electron chi connectivity index (χ2n) is 4.27. The second-order valence-corrected chi connectivity index (χ2v) is 5.87. The molecule has 0 spiro atoms. The van der Waals surface area contributed by atoms with Crippen molar-refractivity contribution in [2.45, 2.75) is 12.0 Å². The predicted octanol–water partition coefficient (Wildman–Crippen LogP) is 1.92. The van der Waals surface area contributed by atoms with Gasteiger partial charge in [-0.3, -0.25) is 4.79 Å². The molecule has 1 atom stereocenters. The van der Waals surface area contributed by atoms with Gasteiger partial charge in [0.15, 0.2) is 5.54 Å². The van der Waals surface area contributed by atoms with Crippen LogP contribution in [-0.2, 0) is 9.53 Å². The Morgan fingerprint density at radius 3 is 2.79 bits per heavy atom. The fraction of sp³-hybridized carbons (Fsp3) is 0.333. The van der Waals surface area contributed by atoms with E-state index in [2.05, 4.69) is 5.32 Å². The maximum Gasteiger partial charge on any atom is 0.331 e. The molecule has 1 aliphatic rings. The van der Waals surface area contributed by atoms with E-state index in [1.54, 1.807) is 12.1 Å². The van der Waals surface area contributed by atoms with Crippen molar-refractivity contribution in [3.63, 3.8) is 0 Å². The van der Waals surface area contributed by atoms with E-state index < -0.39 is 17.4 Å². The molecule has 1 aliphatic heterocycles. The first-order chi connectivity index (χ1) is 8.94. The Morgan fingerprint density at radius 1 is 1.47 bits per heavy atom. The van der Waals surface area contributed by atoms with Gasteiger partial charge in [0, 0.05) is 21.6 Å². The molecule has 1 amide bonds. The molecule has 0 saturated carbocycles. The average molecular weight is 396 g/mol. The van der Waals surface area contributed by atoms with Gasteiger partial charge >= 0.3 is 5.97 Å². The van der Waals surface area contributed by atoms with Crippen LogP contribution in [-0.4, -0.2) is 35.7 Å². The molecule has 2 N–H and O–H groups in total. The van der Waals surface area contributed by atoms with Crippen LogP contribution in [0.3, 0.4) is 0 Å². The molecule has 1 aromatic rings. The Labute approximate surface area is 128 Å². The third-order valence-electron chi connectivity index (χ3n) is 2.96. The maximum absolute atomic E-state index is 12.2. The third kappa shape index (κ3) is 3.01. The molecule has 102 valence electrons.